The number of carbonyl (C=O) groups excluding carboxylic acids is 12. The third-order valence-corrected chi connectivity index (χ3v) is 15.0. The first kappa shape index (κ1) is 81.3. The van der Waals surface area contributed by atoms with Gasteiger partial charge >= 0.3 is 24.1 Å². The van der Waals surface area contributed by atoms with Gasteiger partial charge in [0.1, 0.15) is 71.9 Å². The molecule has 0 aliphatic carbocycles. The summed E-state index contributed by atoms with van der Waals surface area (Å²) in [6.07, 6.45) is -15.2. The maximum atomic E-state index is 14.6. The van der Waals surface area contributed by atoms with Gasteiger partial charge in [0.25, 0.3) is 11.8 Å². The van der Waals surface area contributed by atoms with Crippen LogP contribution in [0.15, 0.2) is 0 Å². The van der Waals surface area contributed by atoms with Crippen molar-refractivity contribution in [3.8, 4) is 0 Å². The molecule has 30 heteroatoms. The van der Waals surface area contributed by atoms with Crippen LogP contribution >= 0.6 is 0 Å². The van der Waals surface area contributed by atoms with Crippen molar-refractivity contribution in [1.82, 2.24) is 53.2 Å². The van der Waals surface area contributed by atoms with Gasteiger partial charge in [-0.2, -0.15) is 0 Å². The molecule has 10 amide bonds. The van der Waals surface area contributed by atoms with Gasteiger partial charge in [-0.05, 0) is 145 Å². The molecule has 0 spiro atoms. The average molecular weight is 1340 g/mol. The number of esters is 2. The third kappa shape index (κ3) is 26.4. The fraction of sp³-hybridized carbons (Fsp3) is 0.812. The van der Waals surface area contributed by atoms with Crippen LogP contribution in [-0.4, -0.2) is 204 Å². The largest absolute Gasteiger partial charge is 0.456 e. The molecular weight excluding hydrogens is 1230 g/mol. The van der Waals surface area contributed by atoms with Crippen LogP contribution in [0.4, 0.5) is 9.59 Å². The number of alkyl carbamates (subject to hydrolysis) is 2. The van der Waals surface area contributed by atoms with Gasteiger partial charge in [-0.1, -0.05) is 55.4 Å². The number of aliphatic hydroxyl groups excluding tert-OH is 2. The molecule has 3 aliphatic rings. The van der Waals surface area contributed by atoms with E-state index in [4.69, 9.17) is 28.4 Å². The predicted molar refractivity (Wildman–Crippen MR) is 341 cm³/mol. The number of hydrogen-bond donors (Lipinski definition) is 12. The number of carbonyl (C=O) groups is 12. The molecule has 4 bridgehead atoms. The van der Waals surface area contributed by atoms with Crippen molar-refractivity contribution >= 4 is 71.4 Å². The van der Waals surface area contributed by atoms with Crippen LogP contribution in [0.3, 0.4) is 0 Å². The Morgan fingerprint density at radius 1 is 0.457 bits per heavy atom. The fourth-order valence-corrected chi connectivity index (χ4v) is 9.95. The normalized spacial score (nSPS) is 28.0. The van der Waals surface area contributed by atoms with E-state index in [9.17, 15) is 67.7 Å². The predicted octanol–water partition coefficient (Wildman–Crippen LogP) is 1.33. The van der Waals surface area contributed by atoms with Gasteiger partial charge in [0, 0.05) is 26.2 Å². The zero-order valence-electron chi connectivity index (χ0n) is 58.7. The Morgan fingerprint density at radius 2 is 0.766 bits per heavy atom. The molecule has 3 aliphatic heterocycles. The maximum absolute atomic E-state index is 14.6. The first-order valence-corrected chi connectivity index (χ1v) is 32.6. The van der Waals surface area contributed by atoms with Crippen LogP contribution < -0.4 is 53.2 Å². The highest BCUT2D eigenvalue weighted by Crippen LogP contribution is 2.30. The summed E-state index contributed by atoms with van der Waals surface area (Å²) in [5.74, 6) is -10.8. The van der Waals surface area contributed by atoms with Crippen molar-refractivity contribution in [2.75, 3.05) is 26.2 Å². The summed E-state index contributed by atoms with van der Waals surface area (Å²) in [7, 11) is 0. The smallest absolute Gasteiger partial charge is 0.407 e. The minimum Gasteiger partial charge on any atom is -0.456 e. The molecule has 0 unspecified atom stereocenters. The lowest BCUT2D eigenvalue weighted by Gasteiger charge is -2.28. The van der Waals surface area contributed by atoms with E-state index in [0.717, 1.165) is 0 Å². The monoisotopic (exact) mass is 1340 g/mol. The lowest BCUT2D eigenvalue weighted by Crippen LogP contribution is -2.59. The first-order chi connectivity index (χ1) is 43.2. The van der Waals surface area contributed by atoms with Crippen LogP contribution in [-0.2, 0) is 76.4 Å². The fourth-order valence-electron chi connectivity index (χ4n) is 9.95. The standard InChI is InChI=1S/C64H110N10O20/c1-31(2)27-37-49(77)67-29-39-45(91-57(85)61(9,10)11)43(75)47(89-39)55(83)74-42(34(7)8)54(82)70-36(24-22-26-66-60(88)94-64(18,19)20)52(80)72-38(28-32(3)4)50(78)68-30-40-46(92-58(86)62(12,13)14)44(76)48(90-40)56(84)73-41(33(5)6)53(81)69-35(51(79)71-37)23-21-25-65-59(87)93-63(15,16)17/h31-48,75-76H,21-30H2,1-20H3,(H,65,87)(H,66,88)(H,67,77)(H,68,78)(H,69,81)(H,70,82)(H,71,79)(H,72,80)(H,73,84)(H,74,83)/t35-,36-,37-,38+,39+,40+,41-,42-,43-,44-,45+,46+,47+,48+/m0/s1. The minimum atomic E-state index is -1.90. The second-order valence-corrected chi connectivity index (χ2v) is 30.0. The van der Waals surface area contributed by atoms with Crippen molar-refractivity contribution in [3.05, 3.63) is 0 Å². The highest BCUT2D eigenvalue weighted by Gasteiger charge is 2.53. The van der Waals surface area contributed by atoms with Crippen LogP contribution in [0.1, 0.15) is 177 Å². The topological polar surface area (TPSA) is 421 Å². The van der Waals surface area contributed by atoms with E-state index >= 15 is 0 Å². The van der Waals surface area contributed by atoms with Crippen LogP contribution in [0.25, 0.3) is 0 Å². The lowest BCUT2D eigenvalue weighted by atomic mass is 9.96. The molecule has 0 aromatic carbocycles. The van der Waals surface area contributed by atoms with Crippen molar-refractivity contribution in [1.29, 1.82) is 0 Å². The van der Waals surface area contributed by atoms with Gasteiger partial charge in [0.2, 0.25) is 35.4 Å². The number of aliphatic hydroxyl groups is 2. The first-order valence-electron chi connectivity index (χ1n) is 32.6. The second kappa shape index (κ2) is 35.2. The SMILES string of the molecule is CC(C)C[C@@H]1NC(=O)[C@H](CCCNC(=O)OC(C)(C)C)NC(=O)[C@H](C(C)C)NC(=O)[C@@H]2O[C@H](CNC(=O)[C@@H](CC(C)C)NC(=O)[C@H](CCCNC(=O)OC(C)(C)C)NC(=O)[C@H](C(C)C)NC(=O)[C@@H]3O[C@H](CNC1=O)[C@@H](OC(=O)C(C)(C)C)[C@@H]3O)[C@@H](OC(=O)C(C)(C)C)[C@@H]2O. The number of nitrogens with one attached hydrogen (secondary N) is 10. The number of amides is 10. The molecule has 0 radical (unpaired) electrons. The van der Waals surface area contributed by atoms with Crippen LogP contribution in [0, 0.1) is 34.5 Å². The van der Waals surface area contributed by atoms with E-state index in [-0.39, 0.29) is 63.5 Å². The van der Waals surface area contributed by atoms with Gasteiger partial charge in [0.05, 0.1) is 10.8 Å². The number of ether oxygens (including phenoxy) is 6. The highest BCUT2D eigenvalue weighted by molar-refractivity contribution is 5.96. The van der Waals surface area contributed by atoms with E-state index in [0.29, 0.717) is 0 Å². The molecule has 0 aromatic heterocycles. The second-order valence-electron chi connectivity index (χ2n) is 30.0. The van der Waals surface area contributed by atoms with Gasteiger partial charge < -0.3 is 91.8 Å². The Labute approximate surface area is 552 Å². The summed E-state index contributed by atoms with van der Waals surface area (Å²) in [6, 6.07) is -8.50. The number of hydrogen-bond acceptors (Lipinski definition) is 20. The summed E-state index contributed by atoms with van der Waals surface area (Å²) < 4.78 is 34.5. The summed E-state index contributed by atoms with van der Waals surface area (Å²) in [6.45, 7) is 31.6. The van der Waals surface area contributed by atoms with Gasteiger partial charge in [-0.3, -0.25) is 47.9 Å². The van der Waals surface area contributed by atoms with E-state index in [1.807, 2.05) is 0 Å². The summed E-state index contributed by atoms with van der Waals surface area (Å²) in [4.78, 5) is 168. The van der Waals surface area contributed by atoms with Crippen LogP contribution in [0.5, 0.6) is 0 Å². The molecular formula is C64H110N10O20. The number of fused-ring (bicyclic) bond motifs is 4. The molecule has 0 saturated carbocycles. The molecule has 0 aromatic rings. The molecule has 536 valence electrons. The van der Waals surface area contributed by atoms with E-state index in [1.165, 1.54) is 0 Å². The van der Waals surface area contributed by atoms with Crippen molar-refractivity contribution < 1.29 is 96.2 Å². The summed E-state index contributed by atoms with van der Waals surface area (Å²) >= 11 is 0. The van der Waals surface area contributed by atoms with Gasteiger partial charge in [-0.15, -0.1) is 0 Å². The summed E-state index contributed by atoms with van der Waals surface area (Å²) in [5, 5.41) is 50.3. The molecule has 30 nitrogen and oxygen atoms in total. The van der Waals surface area contributed by atoms with E-state index in [1.54, 1.807) is 138 Å². The number of rotatable bonds is 16. The van der Waals surface area contributed by atoms with E-state index < -0.39 is 203 Å². The Bertz CT molecular complexity index is 2470. The molecule has 3 rings (SSSR count). The average Bonchev–Trinajstić information content (AvgIpc) is 1.65. The zero-order valence-corrected chi connectivity index (χ0v) is 58.7. The van der Waals surface area contributed by atoms with Crippen molar-refractivity contribution in [3.63, 3.8) is 0 Å². The van der Waals surface area contributed by atoms with Crippen LogP contribution in [0.2, 0.25) is 0 Å². The quantitative estimate of drug-likeness (QED) is 0.0589. The minimum absolute atomic E-state index is 0.00779. The Hall–Kier alpha value is -6.92. The van der Waals surface area contributed by atoms with Gasteiger partial charge in [0.15, 0.2) is 24.4 Å². The summed E-state index contributed by atoms with van der Waals surface area (Å²) in [5.41, 5.74) is -3.98. The molecule has 3 saturated heterocycles. The molecule has 3 fully saturated rings. The Balaban J connectivity index is 2.25. The third-order valence-electron chi connectivity index (χ3n) is 15.0. The highest BCUT2D eigenvalue weighted by atomic mass is 16.6. The zero-order chi connectivity index (χ0) is 71.7. The molecule has 14 atom stereocenters. The van der Waals surface area contributed by atoms with Gasteiger partial charge in [-0.25, -0.2) is 9.59 Å². The maximum Gasteiger partial charge on any atom is 0.407 e. The lowest BCUT2D eigenvalue weighted by molar-refractivity contribution is -0.165. The molecule has 94 heavy (non-hydrogen) atoms. The van der Waals surface area contributed by atoms with Crippen molar-refractivity contribution in [2.45, 2.75) is 273 Å². The Morgan fingerprint density at radius 3 is 1.04 bits per heavy atom. The van der Waals surface area contributed by atoms with Crippen molar-refractivity contribution in [2.24, 2.45) is 34.5 Å². The Kier molecular flexibility index (Phi) is 30.4. The van der Waals surface area contributed by atoms with E-state index in [2.05, 4.69) is 53.2 Å². The molecule has 12 N–H and O–H groups in total. The molecule has 3 heterocycles.